The minimum absolute atomic E-state index is 0. The van der Waals surface area contributed by atoms with E-state index in [-0.39, 0.29) is 33.6 Å². The maximum Gasteiger partial charge on any atom is 0.0267 e. The summed E-state index contributed by atoms with van der Waals surface area (Å²) in [6, 6.07) is 5.72. The molecule has 0 aliphatic carbocycles. The van der Waals surface area contributed by atoms with Crippen molar-refractivity contribution in [2.75, 3.05) is 0 Å². The zero-order valence-electron chi connectivity index (χ0n) is 4.90. The van der Waals surface area contributed by atoms with Gasteiger partial charge in [-0.05, 0) is 12.1 Å². The molecule has 5 heteroatoms. The van der Waals surface area contributed by atoms with Crippen molar-refractivity contribution in [2.45, 2.75) is 0 Å². The monoisotopic (exact) mass is 263 g/mol. The van der Waals surface area contributed by atoms with Gasteiger partial charge in [0.15, 0.2) is 0 Å². The summed E-state index contributed by atoms with van der Waals surface area (Å²) in [7, 11) is 0. The number of thiol groups is 2. The van der Waals surface area contributed by atoms with Crippen LogP contribution in [0.2, 0.25) is 0 Å². The molecule has 0 atom stereocenters. The van der Waals surface area contributed by atoms with E-state index in [1.807, 2.05) is 18.2 Å². The van der Waals surface area contributed by atoms with Crippen LogP contribution in [0.5, 0.6) is 0 Å². The third kappa shape index (κ3) is 11.6. The largest absolute Gasteiger partial charge is 0.265 e. The fourth-order valence-electron chi connectivity index (χ4n) is 0.313. The van der Waals surface area contributed by atoms with E-state index in [0.29, 0.717) is 0 Å². The van der Waals surface area contributed by atoms with Crippen molar-refractivity contribution in [2.24, 2.45) is 0 Å². The van der Waals surface area contributed by atoms with E-state index in [1.165, 1.54) is 0 Å². The van der Waals surface area contributed by atoms with Crippen LogP contribution in [0.25, 0.3) is 0 Å². The van der Waals surface area contributed by atoms with E-state index >= 15 is 0 Å². The molecule has 1 nitrogen and oxygen atoms in total. The van der Waals surface area contributed by atoms with Crippen LogP contribution in [0.4, 0.5) is 0 Å². The second kappa shape index (κ2) is 16.4. The van der Waals surface area contributed by atoms with Crippen LogP contribution in [0.15, 0.2) is 30.6 Å². The van der Waals surface area contributed by atoms with E-state index in [2.05, 4.69) is 28.3 Å². The minimum Gasteiger partial charge on any atom is -0.265 e. The average molecular weight is 263 g/mol. The van der Waals surface area contributed by atoms with Crippen LogP contribution in [0, 0.1) is 0 Å². The maximum absolute atomic E-state index is 3.78. The van der Waals surface area contributed by atoms with Gasteiger partial charge in [0.2, 0.25) is 0 Å². The fraction of sp³-hybridized carbons (Fsp3) is 0. The van der Waals surface area contributed by atoms with Crippen molar-refractivity contribution < 1.29 is 33.6 Å². The minimum atomic E-state index is 0. The average Bonchev–Trinajstić information content (AvgIpc) is 1.96. The summed E-state index contributed by atoms with van der Waals surface area (Å²) in [5.41, 5.74) is 0. The summed E-state index contributed by atoms with van der Waals surface area (Å²) in [5.74, 6) is 0. The van der Waals surface area contributed by atoms with E-state index in [1.54, 1.807) is 12.4 Å². The summed E-state index contributed by atoms with van der Waals surface area (Å²) in [6.07, 6.45) is 3.50. The number of rotatable bonds is 0. The SMILES string of the molecule is SS.[Co].[Co].c1ccncc1. The summed E-state index contributed by atoms with van der Waals surface area (Å²) < 4.78 is 0. The van der Waals surface area contributed by atoms with Crippen molar-refractivity contribution in [3.63, 3.8) is 0 Å². The van der Waals surface area contributed by atoms with Gasteiger partial charge >= 0.3 is 0 Å². The number of aromatic nitrogens is 1. The smallest absolute Gasteiger partial charge is 0.0267 e. The molecular weight excluding hydrogens is 256 g/mol. The van der Waals surface area contributed by atoms with E-state index < -0.39 is 0 Å². The number of pyridine rings is 1. The Morgan fingerprint density at radius 1 is 0.800 bits per heavy atom. The molecule has 0 bridgehead atoms. The third-order valence-electron chi connectivity index (χ3n) is 0.566. The first kappa shape index (κ1) is 17.1. The second-order valence-corrected chi connectivity index (χ2v) is 1.02. The van der Waals surface area contributed by atoms with Gasteiger partial charge in [0.25, 0.3) is 0 Å². The van der Waals surface area contributed by atoms with Crippen molar-refractivity contribution >= 4 is 23.3 Å². The summed E-state index contributed by atoms with van der Waals surface area (Å²) in [5, 5.41) is 0. The molecule has 2 radical (unpaired) electrons. The predicted octanol–water partition coefficient (Wildman–Crippen LogP) is 1.84. The van der Waals surface area contributed by atoms with Gasteiger partial charge in [-0.1, -0.05) is 6.07 Å². The first-order valence-corrected chi connectivity index (χ1v) is 3.65. The van der Waals surface area contributed by atoms with Gasteiger partial charge in [-0.15, -0.1) is 23.3 Å². The van der Waals surface area contributed by atoms with Crippen molar-refractivity contribution in [3.05, 3.63) is 30.6 Å². The molecule has 0 aromatic carbocycles. The Morgan fingerprint density at radius 3 is 1.30 bits per heavy atom. The van der Waals surface area contributed by atoms with Gasteiger partial charge < -0.3 is 0 Å². The van der Waals surface area contributed by atoms with Crippen LogP contribution in [0.3, 0.4) is 0 Å². The molecule has 62 valence electrons. The van der Waals surface area contributed by atoms with Gasteiger partial charge in [-0.3, -0.25) is 4.98 Å². The van der Waals surface area contributed by atoms with Crippen LogP contribution in [-0.2, 0) is 33.6 Å². The van der Waals surface area contributed by atoms with E-state index in [9.17, 15) is 0 Å². The Bertz CT molecular complexity index is 89.6. The summed E-state index contributed by atoms with van der Waals surface area (Å²) in [4.78, 5) is 3.78. The van der Waals surface area contributed by atoms with Crippen molar-refractivity contribution in [1.82, 2.24) is 4.98 Å². The molecule has 0 fully saturated rings. The van der Waals surface area contributed by atoms with E-state index in [0.717, 1.165) is 0 Å². The van der Waals surface area contributed by atoms with E-state index in [4.69, 9.17) is 0 Å². The van der Waals surface area contributed by atoms with Crippen LogP contribution in [-0.4, -0.2) is 4.98 Å². The third-order valence-corrected chi connectivity index (χ3v) is 0.566. The molecule has 0 N–H and O–H groups in total. The molecule has 0 saturated carbocycles. The Morgan fingerprint density at radius 2 is 1.20 bits per heavy atom. The van der Waals surface area contributed by atoms with Crippen LogP contribution < -0.4 is 0 Å². The summed E-state index contributed by atoms with van der Waals surface area (Å²) >= 11 is 6.44. The molecule has 10 heavy (non-hydrogen) atoms. The van der Waals surface area contributed by atoms with Crippen LogP contribution in [0.1, 0.15) is 0 Å². The van der Waals surface area contributed by atoms with Crippen molar-refractivity contribution in [1.29, 1.82) is 0 Å². The first-order chi connectivity index (χ1) is 4.00. The van der Waals surface area contributed by atoms with Gasteiger partial charge in [-0.25, -0.2) is 0 Å². The topological polar surface area (TPSA) is 12.9 Å². The Balaban J connectivity index is -0.000000114. The Kier molecular flexibility index (Phi) is 28.1. The summed E-state index contributed by atoms with van der Waals surface area (Å²) in [6.45, 7) is 0. The molecule has 1 rings (SSSR count). The normalized spacial score (nSPS) is 5.40. The van der Waals surface area contributed by atoms with Crippen LogP contribution >= 0.6 is 23.3 Å². The van der Waals surface area contributed by atoms with Gasteiger partial charge in [0.05, 0.1) is 0 Å². The molecule has 1 heterocycles. The fourth-order valence-corrected chi connectivity index (χ4v) is 0.313. The number of hydrogen-bond donors (Lipinski definition) is 2. The van der Waals surface area contributed by atoms with Gasteiger partial charge in [0, 0.05) is 46.0 Å². The molecule has 0 spiro atoms. The molecule has 0 saturated heterocycles. The standard InChI is InChI=1S/C5H5N.2Co.H2S2/c1-2-4-6-5-3-1;;;1-2/h1-5H;;;1-2H. The zero-order valence-corrected chi connectivity index (χ0v) is 8.77. The molecule has 0 unspecified atom stereocenters. The zero-order chi connectivity index (χ0) is 6.24. The number of hydrogen-bond acceptors (Lipinski definition) is 3. The molecule has 0 aliphatic rings. The maximum atomic E-state index is 3.78. The Labute approximate surface area is 92.0 Å². The van der Waals surface area contributed by atoms with Gasteiger partial charge in [-0.2, -0.15) is 0 Å². The molecular formula is C5H7Co2NS2. The quantitative estimate of drug-likeness (QED) is 0.538. The molecule has 1 aromatic heterocycles. The van der Waals surface area contributed by atoms with Crippen molar-refractivity contribution in [3.8, 4) is 0 Å². The number of nitrogens with zero attached hydrogens (tertiary/aromatic N) is 1. The predicted molar refractivity (Wildman–Crippen MR) is 42.2 cm³/mol. The van der Waals surface area contributed by atoms with Gasteiger partial charge in [0.1, 0.15) is 0 Å². The Hall–Kier alpha value is 0.863. The molecule has 0 aliphatic heterocycles. The molecule has 0 amide bonds. The first-order valence-electron chi connectivity index (χ1n) is 2.05. The molecule has 1 aromatic rings. The second-order valence-electron chi connectivity index (χ2n) is 1.02.